The third kappa shape index (κ3) is 4.00. The summed E-state index contributed by atoms with van der Waals surface area (Å²) in [6, 6.07) is 9.60. The van der Waals surface area contributed by atoms with Gasteiger partial charge < -0.3 is 0 Å². The Bertz CT molecular complexity index is 1000. The van der Waals surface area contributed by atoms with E-state index in [0.29, 0.717) is 16.0 Å². The summed E-state index contributed by atoms with van der Waals surface area (Å²) in [5.74, 6) is 0. The predicted octanol–water partition coefficient (Wildman–Crippen LogP) is 3.40. The Kier molecular flexibility index (Phi) is 5.66. The normalized spacial score (nSPS) is 13.8. The van der Waals surface area contributed by atoms with Crippen molar-refractivity contribution < 1.29 is 16.8 Å². The number of sulfonamides is 1. The molecule has 0 spiro atoms. The van der Waals surface area contributed by atoms with Crippen LogP contribution >= 0.6 is 0 Å². The summed E-state index contributed by atoms with van der Waals surface area (Å²) < 4.78 is 50.8. The van der Waals surface area contributed by atoms with Crippen molar-refractivity contribution in [1.82, 2.24) is 4.31 Å². The highest BCUT2D eigenvalue weighted by Gasteiger charge is 2.29. The van der Waals surface area contributed by atoms with Crippen LogP contribution in [0.15, 0.2) is 46.2 Å². The molecule has 0 saturated heterocycles. The monoisotopic (exact) mass is 395 g/mol. The first kappa shape index (κ1) is 20.6. The second-order valence-electron chi connectivity index (χ2n) is 6.77. The maximum absolute atomic E-state index is 13.2. The van der Waals surface area contributed by atoms with E-state index in [1.54, 1.807) is 40.0 Å². The first-order valence-electron chi connectivity index (χ1n) is 8.21. The van der Waals surface area contributed by atoms with E-state index < -0.39 is 25.9 Å². The summed E-state index contributed by atoms with van der Waals surface area (Å²) in [6.07, 6.45) is 1.14. The second-order valence-corrected chi connectivity index (χ2v) is 10.7. The van der Waals surface area contributed by atoms with E-state index in [9.17, 15) is 16.8 Å². The van der Waals surface area contributed by atoms with Gasteiger partial charge in [0.1, 0.15) is 0 Å². The molecular formula is C19H25NO4S2. The van der Waals surface area contributed by atoms with Gasteiger partial charge in [-0.1, -0.05) is 29.8 Å². The van der Waals surface area contributed by atoms with Crippen LogP contribution < -0.4 is 0 Å². The van der Waals surface area contributed by atoms with Crippen LogP contribution in [0.5, 0.6) is 0 Å². The van der Waals surface area contributed by atoms with E-state index in [-0.39, 0.29) is 4.90 Å². The molecule has 0 fully saturated rings. The van der Waals surface area contributed by atoms with Gasteiger partial charge in [-0.15, -0.1) is 0 Å². The number of benzene rings is 2. The van der Waals surface area contributed by atoms with Gasteiger partial charge in [-0.3, -0.25) is 0 Å². The van der Waals surface area contributed by atoms with Crippen molar-refractivity contribution >= 4 is 19.9 Å². The van der Waals surface area contributed by atoms with Crippen LogP contribution in [-0.4, -0.2) is 34.4 Å². The van der Waals surface area contributed by atoms with E-state index in [1.165, 1.54) is 16.4 Å². The van der Waals surface area contributed by atoms with Gasteiger partial charge in [0.15, 0.2) is 9.84 Å². The molecule has 0 aliphatic heterocycles. The van der Waals surface area contributed by atoms with Crippen molar-refractivity contribution in [2.24, 2.45) is 0 Å². The van der Waals surface area contributed by atoms with Crippen molar-refractivity contribution in [3.8, 4) is 0 Å². The maximum atomic E-state index is 13.2. The van der Waals surface area contributed by atoms with Crippen molar-refractivity contribution in [1.29, 1.82) is 0 Å². The number of aryl methyl sites for hydroxylation is 3. The van der Waals surface area contributed by atoms with Crippen LogP contribution in [0.3, 0.4) is 0 Å². The highest BCUT2D eigenvalue weighted by molar-refractivity contribution is 7.90. The van der Waals surface area contributed by atoms with Gasteiger partial charge in [-0.05, 0) is 56.5 Å². The molecule has 0 amide bonds. The van der Waals surface area contributed by atoms with Crippen LogP contribution in [0.4, 0.5) is 0 Å². The minimum Gasteiger partial charge on any atom is -0.224 e. The first-order chi connectivity index (χ1) is 11.9. The minimum atomic E-state index is -3.69. The summed E-state index contributed by atoms with van der Waals surface area (Å²) in [5, 5.41) is 0. The van der Waals surface area contributed by atoms with Gasteiger partial charge in [-0.2, -0.15) is 4.31 Å². The zero-order valence-electron chi connectivity index (χ0n) is 15.9. The Morgan fingerprint density at radius 3 is 1.77 bits per heavy atom. The SMILES string of the molecule is Cc1cc(C)c(S(=O)(=O)N(C)C(C)c2ccc(S(C)(=O)=O)cc2)c(C)c1. The van der Waals surface area contributed by atoms with Gasteiger partial charge >= 0.3 is 0 Å². The fraction of sp³-hybridized carbons (Fsp3) is 0.368. The van der Waals surface area contributed by atoms with Gasteiger partial charge in [0, 0.05) is 19.3 Å². The molecule has 2 aromatic carbocycles. The predicted molar refractivity (Wildman–Crippen MR) is 104 cm³/mol. The van der Waals surface area contributed by atoms with E-state index >= 15 is 0 Å². The zero-order valence-corrected chi connectivity index (χ0v) is 17.6. The Morgan fingerprint density at radius 2 is 1.35 bits per heavy atom. The fourth-order valence-electron chi connectivity index (χ4n) is 3.13. The summed E-state index contributed by atoms with van der Waals surface area (Å²) in [6.45, 7) is 7.32. The molecule has 0 aliphatic carbocycles. The number of rotatable bonds is 5. The summed E-state index contributed by atoms with van der Waals surface area (Å²) in [7, 11) is -5.43. The molecular weight excluding hydrogens is 370 g/mol. The van der Waals surface area contributed by atoms with Crippen LogP contribution in [-0.2, 0) is 19.9 Å². The largest absolute Gasteiger partial charge is 0.243 e. The highest BCUT2D eigenvalue weighted by atomic mass is 32.2. The third-order valence-electron chi connectivity index (χ3n) is 4.58. The quantitative estimate of drug-likeness (QED) is 0.778. The van der Waals surface area contributed by atoms with Gasteiger partial charge in [0.25, 0.3) is 0 Å². The maximum Gasteiger partial charge on any atom is 0.243 e. The lowest BCUT2D eigenvalue weighted by molar-refractivity contribution is 0.397. The highest BCUT2D eigenvalue weighted by Crippen LogP contribution is 2.30. The fourth-order valence-corrected chi connectivity index (χ4v) is 5.52. The first-order valence-corrected chi connectivity index (χ1v) is 11.5. The van der Waals surface area contributed by atoms with Gasteiger partial charge in [0.2, 0.25) is 10.0 Å². The molecule has 2 aromatic rings. The molecule has 2 rings (SSSR count). The van der Waals surface area contributed by atoms with Crippen LogP contribution in [0, 0.1) is 20.8 Å². The molecule has 0 radical (unpaired) electrons. The summed E-state index contributed by atoms with van der Waals surface area (Å²) in [5.41, 5.74) is 3.18. The minimum absolute atomic E-state index is 0.212. The zero-order chi connectivity index (χ0) is 19.9. The lowest BCUT2D eigenvalue weighted by Crippen LogP contribution is -2.31. The van der Waals surface area contributed by atoms with E-state index in [2.05, 4.69) is 0 Å². The molecule has 0 saturated carbocycles. The van der Waals surface area contributed by atoms with E-state index in [4.69, 9.17) is 0 Å². The molecule has 7 heteroatoms. The molecule has 5 nitrogen and oxygen atoms in total. The average Bonchev–Trinajstić information content (AvgIpc) is 2.51. The lowest BCUT2D eigenvalue weighted by atomic mass is 10.1. The van der Waals surface area contributed by atoms with Crippen molar-refractivity contribution in [2.75, 3.05) is 13.3 Å². The number of nitrogens with zero attached hydrogens (tertiary/aromatic N) is 1. The van der Waals surface area contributed by atoms with Crippen LogP contribution in [0.2, 0.25) is 0 Å². The molecule has 0 N–H and O–H groups in total. The smallest absolute Gasteiger partial charge is 0.224 e. The average molecular weight is 396 g/mol. The molecule has 0 heterocycles. The summed E-state index contributed by atoms with van der Waals surface area (Å²) >= 11 is 0. The van der Waals surface area contributed by atoms with Crippen molar-refractivity contribution in [3.05, 3.63) is 58.7 Å². The topological polar surface area (TPSA) is 71.5 Å². The molecule has 0 aliphatic rings. The third-order valence-corrected chi connectivity index (χ3v) is 7.94. The number of sulfone groups is 1. The second kappa shape index (κ2) is 7.13. The molecule has 1 unspecified atom stereocenters. The molecule has 0 aromatic heterocycles. The molecule has 142 valence electrons. The van der Waals surface area contributed by atoms with Crippen LogP contribution in [0.25, 0.3) is 0 Å². The number of hydrogen-bond acceptors (Lipinski definition) is 4. The number of hydrogen-bond donors (Lipinski definition) is 0. The summed E-state index contributed by atoms with van der Waals surface area (Å²) in [4.78, 5) is 0.536. The van der Waals surface area contributed by atoms with Crippen LogP contribution in [0.1, 0.15) is 35.2 Å². The molecule has 26 heavy (non-hydrogen) atoms. The van der Waals surface area contributed by atoms with E-state index in [1.807, 2.05) is 19.1 Å². The lowest BCUT2D eigenvalue weighted by Gasteiger charge is -2.26. The van der Waals surface area contributed by atoms with Crippen molar-refractivity contribution in [3.63, 3.8) is 0 Å². The Morgan fingerprint density at radius 1 is 0.885 bits per heavy atom. The molecule has 1 atom stereocenters. The van der Waals surface area contributed by atoms with E-state index in [0.717, 1.165) is 17.4 Å². The standard InChI is InChI=1S/C19H25NO4S2/c1-13-11-14(2)19(15(3)12-13)26(23,24)20(5)16(4)17-7-9-18(10-8-17)25(6,21)22/h7-12,16H,1-6H3. The van der Waals surface area contributed by atoms with Crippen molar-refractivity contribution in [2.45, 2.75) is 43.5 Å². The Balaban J connectivity index is 2.43. The Labute approximate surface area is 156 Å². The van der Waals surface area contributed by atoms with Gasteiger partial charge in [-0.25, -0.2) is 16.8 Å². The van der Waals surface area contributed by atoms with Gasteiger partial charge in [0.05, 0.1) is 9.79 Å². The Hall–Kier alpha value is -1.70. The molecule has 0 bridgehead atoms.